The Labute approximate surface area is 125 Å². The lowest BCUT2D eigenvalue weighted by Crippen LogP contribution is -2.33. The molecule has 0 heterocycles. The monoisotopic (exact) mass is 296 g/mol. The summed E-state index contributed by atoms with van der Waals surface area (Å²) in [7, 11) is 4.84. The van der Waals surface area contributed by atoms with E-state index in [2.05, 4.69) is 10.6 Å². The smallest absolute Gasteiger partial charge is 0.224 e. The molecule has 0 atom stereocenters. The van der Waals surface area contributed by atoms with Gasteiger partial charge in [0.25, 0.3) is 0 Å². The number of rotatable bonds is 10. The number of hydrogen-bond acceptors (Lipinski definition) is 5. The molecule has 0 aromatic heterocycles. The van der Waals surface area contributed by atoms with Crippen molar-refractivity contribution in [3.63, 3.8) is 0 Å². The second-order valence-electron chi connectivity index (χ2n) is 4.45. The zero-order valence-electron chi connectivity index (χ0n) is 12.9. The van der Waals surface area contributed by atoms with E-state index >= 15 is 0 Å². The highest BCUT2D eigenvalue weighted by atomic mass is 16.5. The maximum Gasteiger partial charge on any atom is 0.224 e. The van der Waals surface area contributed by atoms with Gasteiger partial charge >= 0.3 is 0 Å². The Balaban J connectivity index is 2.39. The quantitative estimate of drug-likeness (QED) is 0.619. The van der Waals surface area contributed by atoms with Gasteiger partial charge in [0.15, 0.2) is 0 Å². The largest absolute Gasteiger partial charge is 0.497 e. The van der Waals surface area contributed by atoms with E-state index in [1.165, 1.54) is 0 Å². The second kappa shape index (κ2) is 10.0. The highest BCUT2D eigenvalue weighted by molar-refractivity contribution is 5.79. The second-order valence-corrected chi connectivity index (χ2v) is 4.45. The lowest BCUT2D eigenvalue weighted by atomic mass is 10.1. The molecular formula is C15H24N2O4. The van der Waals surface area contributed by atoms with Crippen molar-refractivity contribution in [2.45, 2.75) is 6.42 Å². The minimum absolute atomic E-state index is 0.0462. The van der Waals surface area contributed by atoms with Gasteiger partial charge in [-0.3, -0.25) is 4.79 Å². The Hall–Kier alpha value is -1.79. The molecule has 0 unspecified atom stereocenters. The van der Waals surface area contributed by atoms with Crippen LogP contribution in [0.3, 0.4) is 0 Å². The van der Waals surface area contributed by atoms with Crippen LogP contribution in [0.2, 0.25) is 0 Å². The van der Waals surface area contributed by atoms with E-state index in [9.17, 15) is 4.79 Å². The fourth-order valence-corrected chi connectivity index (χ4v) is 1.85. The van der Waals surface area contributed by atoms with Gasteiger partial charge in [0.2, 0.25) is 5.91 Å². The van der Waals surface area contributed by atoms with Crippen molar-refractivity contribution in [2.75, 3.05) is 47.6 Å². The van der Waals surface area contributed by atoms with Gasteiger partial charge < -0.3 is 24.8 Å². The van der Waals surface area contributed by atoms with E-state index < -0.39 is 0 Å². The summed E-state index contributed by atoms with van der Waals surface area (Å²) in [6.07, 6.45) is 0.262. The summed E-state index contributed by atoms with van der Waals surface area (Å²) in [6.45, 7) is 2.73. The van der Waals surface area contributed by atoms with Crippen LogP contribution in [0.1, 0.15) is 5.56 Å². The normalized spacial score (nSPS) is 10.2. The van der Waals surface area contributed by atoms with Crippen LogP contribution < -0.4 is 20.1 Å². The first kappa shape index (κ1) is 17.3. The van der Waals surface area contributed by atoms with Crippen molar-refractivity contribution < 1.29 is 19.0 Å². The minimum Gasteiger partial charge on any atom is -0.497 e. The summed E-state index contributed by atoms with van der Waals surface area (Å²) in [5, 5.41) is 6.02. The average Bonchev–Trinajstić information content (AvgIpc) is 2.50. The molecule has 118 valence electrons. The number of amides is 1. The lowest BCUT2D eigenvalue weighted by Gasteiger charge is -2.11. The molecule has 0 saturated carbocycles. The summed E-state index contributed by atoms with van der Waals surface area (Å²) < 4.78 is 15.3. The van der Waals surface area contributed by atoms with E-state index in [1.807, 2.05) is 6.07 Å². The number of benzene rings is 1. The van der Waals surface area contributed by atoms with Crippen molar-refractivity contribution in [2.24, 2.45) is 0 Å². The van der Waals surface area contributed by atoms with Gasteiger partial charge in [0, 0.05) is 32.3 Å². The van der Waals surface area contributed by atoms with E-state index in [0.717, 1.165) is 12.1 Å². The Bertz CT molecular complexity index is 438. The summed E-state index contributed by atoms with van der Waals surface area (Å²) in [6, 6.07) is 5.42. The van der Waals surface area contributed by atoms with Crippen molar-refractivity contribution in [1.29, 1.82) is 0 Å². The Morgan fingerprint density at radius 2 is 1.90 bits per heavy atom. The third kappa shape index (κ3) is 6.46. The van der Waals surface area contributed by atoms with Crippen LogP contribution in [0.5, 0.6) is 11.5 Å². The highest BCUT2D eigenvalue weighted by Gasteiger charge is 2.09. The van der Waals surface area contributed by atoms with Gasteiger partial charge in [-0.25, -0.2) is 0 Å². The summed E-state index contributed by atoms with van der Waals surface area (Å²) in [5.74, 6) is 1.35. The molecule has 0 aliphatic rings. The molecule has 1 amide bonds. The summed E-state index contributed by atoms with van der Waals surface area (Å²) in [4.78, 5) is 11.9. The van der Waals surface area contributed by atoms with Gasteiger partial charge in [-0.2, -0.15) is 0 Å². The fraction of sp³-hybridized carbons (Fsp3) is 0.533. The number of methoxy groups -OCH3 is 3. The zero-order valence-corrected chi connectivity index (χ0v) is 12.9. The van der Waals surface area contributed by atoms with E-state index in [-0.39, 0.29) is 12.3 Å². The number of carbonyl (C=O) groups is 1. The van der Waals surface area contributed by atoms with Gasteiger partial charge in [-0.1, -0.05) is 0 Å². The topological polar surface area (TPSA) is 68.8 Å². The fourth-order valence-electron chi connectivity index (χ4n) is 1.85. The van der Waals surface area contributed by atoms with Crippen molar-refractivity contribution in [1.82, 2.24) is 10.6 Å². The van der Waals surface area contributed by atoms with Crippen LogP contribution in [0.4, 0.5) is 0 Å². The molecule has 1 aromatic rings. The third-order valence-electron chi connectivity index (χ3n) is 2.95. The van der Waals surface area contributed by atoms with Crippen molar-refractivity contribution >= 4 is 5.91 Å². The van der Waals surface area contributed by atoms with Crippen LogP contribution in [-0.2, 0) is 16.0 Å². The molecule has 0 saturated heterocycles. The third-order valence-corrected chi connectivity index (χ3v) is 2.95. The maximum atomic E-state index is 11.9. The van der Waals surface area contributed by atoms with E-state index in [4.69, 9.17) is 14.2 Å². The van der Waals surface area contributed by atoms with Crippen LogP contribution in [-0.4, -0.2) is 53.5 Å². The van der Waals surface area contributed by atoms with Crippen LogP contribution in [0, 0.1) is 0 Å². The molecule has 0 fully saturated rings. The van der Waals surface area contributed by atoms with E-state index in [1.54, 1.807) is 33.5 Å². The summed E-state index contributed by atoms with van der Waals surface area (Å²) in [5.41, 5.74) is 0.807. The number of nitrogens with one attached hydrogen (secondary N) is 2. The molecule has 1 aromatic carbocycles. The zero-order chi connectivity index (χ0) is 15.5. The molecule has 1 rings (SSSR count). The Kier molecular flexibility index (Phi) is 8.23. The molecule has 0 bridgehead atoms. The Morgan fingerprint density at radius 3 is 2.57 bits per heavy atom. The standard InChI is InChI=1S/C15H24N2O4/c1-19-9-8-16-6-7-17-15(18)11-12-10-13(20-2)4-5-14(12)21-3/h4-5,10,16H,6-9,11H2,1-3H3,(H,17,18). The lowest BCUT2D eigenvalue weighted by molar-refractivity contribution is -0.120. The molecule has 0 radical (unpaired) electrons. The molecule has 0 aliphatic heterocycles. The van der Waals surface area contributed by atoms with Gasteiger partial charge in [-0.15, -0.1) is 0 Å². The predicted octanol–water partition coefficient (Wildman–Crippen LogP) is 0.599. The molecule has 0 spiro atoms. The number of hydrogen-bond donors (Lipinski definition) is 2. The average molecular weight is 296 g/mol. The SMILES string of the molecule is COCCNCCNC(=O)Cc1cc(OC)ccc1OC. The molecule has 2 N–H and O–H groups in total. The molecule has 6 heteroatoms. The molecule has 6 nitrogen and oxygen atoms in total. The number of carbonyl (C=O) groups excluding carboxylic acids is 1. The molecule has 0 aliphatic carbocycles. The predicted molar refractivity (Wildman–Crippen MR) is 81.0 cm³/mol. The Morgan fingerprint density at radius 1 is 1.10 bits per heavy atom. The van der Waals surface area contributed by atoms with Crippen LogP contribution in [0.25, 0.3) is 0 Å². The highest BCUT2D eigenvalue weighted by Crippen LogP contribution is 2.24. The summed E-state index contributed by atoms with van der Waals surface area (Å²) >= 11 is 0. The van der Waals surface area contributed by atoms with Crippen LogP contribution in [0.15, 0.2) is 18.2 Å². The number of ether oxygens (including phenoxy) is 3. The molecule has 21 heavy (non-hydrogen) atoms. The van der Waals surface area contributed by atoms with Crippen LogP contribution >= 0.6 is 0 Å². The first-order valence-electron chi connectivity index (χ1n) is 6.88. The van der Waals surface area contributed by atoms with Gasteiger partial charge in [0.1, 0.15) is 11.5 Å². The molecular weight excluding hydrogens is 272 g/mol. The van der Waals surface area contributed by atoms with Gasteiger partial charge in [0.05, 0.1) is 27.2 Å². The minimum atomic E-state index is -0.0462. The first-order valence-corrected chi connectivity index (χ1v) is 6.88. The van der Waals surface area contributed by atoms with Crippen molar-refractivity contribution in [3.8, 4) is 11.5 Å². The first-order chi connectivity index (χ1) is 10.2. The van der Waals surface area contributed by atoms with Gasteiger partial charge in [-0.05, 0) is 18.2 Å². The van der Waals surface area contributed by atoms with E-state index in [0.29, 0.717) is 31.2 Å². The maximum absolute atomic E-state index is 11.9. The van der Waals surface area contributed by atoms with Crippen molar-refractivity contribution in [3.05, 3.63) is 23.8 Å².